The van der Waals surface area contributed by atoms with E-state index >= 15 is 0 Å². The van der Waals surface area contributed by atoms with Crippen LogP contribution in [0.5, 0.6) is 5.75 Å². The molecule has 5 heteroatoms. The highest BCUT2D eigenvalue weighted by Gasteiger charge is 2.12. The number of rotatable bonds is 5. The van der Waals surface area contributed by atoms with E-state index in [1.165, 1.54) is 18.2 Å². The minimum atomic E-state index is -0.323. The summed E-state index contributed by atoms with van der Waals surface area (Å²) in [4.78, 5) is 11.8. The monoisotopic (exact) mass is 257 g/mol. The van der Waals surface area contributed by atoms with Crippen LogP contribution in [0.1, 0.15) is 23.7 Å². The Kier molecular flexibility index (Phi) is 5.25. The van der Waals surface area contributed by atoms with Crippen LogP contribution in [0, 0.1) is 5.92 Å². The Balaban J connectivity index is 2.61. The number of carbonyl (C=O) groups is 1. The fourth-order valence-corrected chi connectivity index (χ4v) is 1.58. The maximum atomic E-state index is 11.8. The second kappa shape index (κ2) is 6.47. The summed E-state index contributed by atoms with van der Waals surface area (Å²) >= 11 is 5.86. The maximum Gasteiger partial charge on any atom is 0.252 e. The van der Waals surface area contributed by atoms with Gasteiger partial charge < -0.3 is 15.5 Å². The van der Waals surface area contributed by atoms with Crippen LogP contribution >= 0.6 is 11.6 Å². The zero-order valence-electron chi connectivity index (χ0n) is 9.61. The Morgan fingerprint density at radius 2 is 2.24 bits per heavy atom. The number of aliphatic hydroxyl groups excluding tert-OH is 1. The van der Waals surface area contributed by atoms with E-state index in [0.29, 0.717) is 18.0 Å². The van der Waals surface area contributed by atoms with Crippen molar-refractivity contribution in [2.24, 2.45) is 5.92 Å². The van der Waals surface area contributed by atoms with Gasteiger partial charge in [-0.05, 0) is 30.5 Å². The van der Waals surface area contributed by atoms with Crippen LogP contribution in [0.25, 0.3) is 0 Å². The molecule has 0 aliphatic rings. The highest BCUT2D eigenvalue weighted by Crippen LogP contribution is 2.20. The molecule has 4 nitrogen and oxygen atoms in total. The minimum Gasteiger partial charge on any atom is -0.508 e. The van der Waals surface area contributed by atoms with Crippen molar-refractivity contribution in [3.63, 3.8) is 0 Å². The largest absolute Gasteiger partial charge is 0.508 e. The Labute approximate surface area is 105 Å². The average molecular weight is 258 g/mol. The second-order valence-electron chi connectivity index (χ2n) is 3.99. The van der Waals surface area contributed by atoms with Crippen LogP contribution in [0.15, 0.2) is 18.2 Å². The molecule has 1 amide bonds. The lowest BCUT2D eigenvalue weighted by Gasteiger charge is -2.11. The molecule has 0 fully saturated rings. The van der Waals surface area contributed by atoms with Crippen LogP contribution in [0.2, 0.25) is 5.02 Å². The van der Waals surface area contributed by atoms with Crippen molar-refractivity contribution < 1.29 is 15.0 Å². The molecule has 0 aromatic heterocycles. The van der Waals surface area contributed by atoms with Crippen LogP contribution in [0.4, 0.5) is 0 Å². The Morgan fingerprint density at radius 1 is 1.53 bits per heavy atom. The molecule has 0 saturated carbocycles. The van der Waals surface area contributed by atoms with Gasteiger partial charge in [-0.15, -0.1) is 0 Å². The molecular weight excluding hydrogens is 242 g/mol. The van der Waals surface area contributed by atoms with E-state index in [2.05, 4.69) is 5.32 Å². The summed E-state index contributed by atoms with van der Waals surface area (Å²) in [5.41, 5.74) is 0.253. The standard InChI is InChI=1S/C12H16ClNO3/c1-8(4-5-15)7-14-12(17)10-6-9(16)2-3-11(10)13/h2-3,6,8,15-16H,4-5,7H2,1H3,(H,14,17). The van der Waals surface area contributed by atoms with Crippen molar-refractivity contribution in [3.8, 4) is 5.75 Å². The van der Waals surface area contributed by atoms with Crippen molar-refractivity contribution in [2.45, 2.75) is 13.3 Å². The fraction of sp³-hybridized carbons (Fsp3) is 0.417. The summed E-state index contributed by atoms with van der Waals surface area (Å²) in [6.45, 7) is 2.50. The summed E-state index contributed by atoms with van der Waals surface area (Å²) in [6, 6.07) is 4.23. The number of hydrogen-bond acceptors (Lipinski definition) is 3. The van der Waals surface area contributed by atoms with Gasteiger partial charge >= 0.3 is 0 Å². The third kappa shape index (κ3) is 4.24. The minimum absolute atomic E-state index is 0.00274. The van der Waals surface area contributed by atoms with Gasteiger partial charge in [0.15, 0.2) is 0 Å². The zero-order valence-corrected chi connectivity index (χ0v) is 10.4. The predicted molar refractivity (Wildman–Crippen MR) is 66.3 cm³/mol. The van der Waals surface area contributed by atoms with Crippen LogP contribution in [-0.2, 0) is 0 Å². The van der Waals surface area contributed by atoms with E-state index in [4.69, 9.17) is 16.7 Å². The van der Waals surface area contributed by atoms with Crippen molar-refractivity contribution >= 4 is 17.5 Å². The zero-order chi connectivity index (χ0) is 12.8. The molecule has 0 aliphatic carbocycles. The van der Waals surface area contributed by atoms with Gasteiger partial charge in [-0.2, -0.15) is 0 Å². The molecule has 94 valence electrons. The average Bonchev–Trinajstić information content (AvgIpc) is 2.29. The molecule has 0 aliphatic heterocycles. The number of aromatic hydroxyl groups is 1. The molecule has 1 rings (SSSR count). The SMILES string of the molecule is CC(CCO)CNC(=O)c1cc(O)ccc1Cl. The first-order chi connectivity index (χ1) is 8.04. The molecule has 1 aromatic carbocycles. The molecule has 17 heavy (non-hydrogen) atoms. The van der Waals surface area contributed by atoms with Crippen molar-refractivity contribution in [3.05, 3.63) is 28.8 Å². The summed E-state index contributed by atoms with van der Waals surface area (Å²) in [5, 5.41) is 21.0. The second-order valence-corrected chi connectivity index (χ2v) is 4.40. The van der Waals surface area contributed by atoms with E-state index in [-0.39, 0.29) is 29.7 Å². The summed E-state index contributed by atoms with van der Waals surface area (Å²) < 4.78 is 0. The normalized spacial score (nSPS) is 12.2. The van der Waals surface area contributed by atoms with Gasteiger partial charge in [-0.3, -0.25) is 4.79 Å². The highest BCUT2D eigenvalue weighted by atomic mass is 35.5. The van der Waals surface area contributed by atoms with Gasteiger partial charge in [-0.25, -0.2) is 0 Å². The quantitative estimate of drug-likeness (QED) is 0.753. The first kappa shape index (κ1) is 13.8. The van der Waals surface area contributed by atoms with Gasteiger partial charge in [-0.1, -0.05) is 18.5 Å². The summed E-state index contributed by atoms with van der Waals surface area (Å²) in [6.07, 6.45) is 0.633. The number of phenols is 1. The molecule has 1 atom stereocenters. The van der Waals surface area contributed by atoms with Crippen LogP contribution in [-0.4, -0.2) is 29.3 Å². The molecule has 0 spiro atoms. The number of carbonyl (C=O) groups excluding carboxylic acids is 1. The maximum absolute atomic E-state index is 11.8. The molecule has 0 saturated heterocycles. The lowest BCUT2D eigenvalue weighted by atomic mass is 10.1. The number of benzene rings is 1. The molecular formula is C12H16ClNO3. The number of halogens is 1. The number of nitrogens with one attached hydrogen (secondary N) is 1. The Bertz CT molecular complexity index is 395. The molecule has 0 bridgehead atoms. The summed E-state index contributed by atoms with van der Waals surface area (Å²) in [7, 11) is 0. The van der Waals surface area contributed by atoms with E-state index in [0.717, 1.165) is 0 Å². The lowest BCUT2D eigenvalue weighted by Crippen LogP contribution is -2.28. The first-order valence-electron chi connectivity index (χ1n) is 5.42. The fourth-order valence-electron chi connectivity index (χ4n) is 1.37. The van der Waals surface area contributed by atoms with Crippen molar-refractivity contribution in [2.75, 3.05) is 13.2 Å². The molecule has 1 aromatic rings. The lowest BCUT2D eigenvalue weighted by molar-refractivity contribution is 0.0945. The van der Waals surface area contributed by atoms with E-state index < -0.39 is 0 Å². The molecule has 1 unspecified atom stereocenters. The predicted octanol–water partition coefficient (Wildman–Crippen LogP) is 1.79. The van der Waals surface area contributed by atoms with Crippen LogP contribution < -0.4 is 5.32 Å². The number of phenolic OH excluding ortho intramolecular Hbond substituents is 1. The van der Waals surface area contributed by atoms with Crippen molar-refractivity contribution in [1.29, 1.82) is 0 Å². The molecule has 0 radical (unpaired) electrons. The van der Waals surface area contributed by atoms with Crippen LogP contribution in [0.3, 0.4) is 0 Å². The third-order valence-corrected chi connectivity index (χ3v) is 2.76. The topological polar surface area (TPSA) is 69.6 Å². The third-order valence-electron chi connectivity index (χ3n) is 2.43. The van der Waals surface area contributed by atoms with Gasteiger partial charge in [0.1, 0.15) is 5.75 Å². The van der Waals surface area contributed by atoms with Gasteiger partial charge in [0.25, 0.3) is 5.91 Å². The van der Waals surface area contributed by atoms with Crippen molar-refractivity contribution in [1.82, 2.24) is 5.32 Å². The Morgan fingerprint density at radius 3 is 2.88 bits per heavy atom. The smallest absolute Gasteiger partial charge is 0.252 e. The number of aliphatic hydroxyl groups is 1. The first-order valence-corrected chi connectivity index (χ1v) is 5.80. The van der Waals surface area contributed by atoms with Gasteiger partial charge in [0.2, 0.25) is 0 Å². The highest BCUT2D eigenvalue weighted by molar-refractivity contribution is 6.33. The Hall–Kier alpha value is -1.26. The number of amides is 1. The molecule has 0 heterocycles. The summed E-state index contributed by atoms with van der Waals surface area (Å²) in [5.74, 6) is -0.126. The van der Waals surface area contributed by atoms with E-state index in [1.807, 2.05) is 6.92 Å². The van der Waals surface area contributed by atoms with Gasteiger partial charge in [0, 0.05) is 13.2 Å². The van der Waals surface area contributed by atoms with E-state index in [1.54, 1.807) is 0 Å². The number of hydrogen-bond donors (Lipinski definition) is 3. The van der Waals surface area contributed by atoms with E-state index in [9.17, 15) is 9.90 Å². The molecule has 3 N–H and O–H groups in total. The van der Waals surface area contributed by atoms with Gasteiger partial charge in [0.05, 0.1) is 10.6 Å².